The lowest BCUT2D eigenvalue weighted by Crippen LogP contribution is -1.97. The number of carbonyl (C=O) groups is 1. The number of ether oxygens (including phenoxy) is 1. The lowest BCUT2D eigenvalue weighted by atomic mass is 10.1. The Bertz CT molecular complexity index is 615. The van der Waals surface area contributed by atoms with E-state index in [2.05, 4.69) is 5.32 Å². The van der Waals surface area contributed by atoms with E-state index in [0.717, 1.165) is 17.0 Å². The molecule has 20 heavy (non-hydrogen) atoms. The van der Waals surface area contributed by atoms with Gasteiger partial charge < -0.3 is 10.1 Å². The second-order valence-electron chi connectivity index (χ2n) is 4.41. The summed E-state index contributed by atoms with van der Waals surface area (Å²) in [6.07, 6.45) is 3.14. The fraction of sp³-hybridized carbons (Fsp3) is 0.118. The molecule has 0 unspecified atom stereocenters. The summed E-state index contributed by atoms with van der Waals surface area (Å²) < 4.78 is 5.22. The Kier molecular flexibility index (Phi) is 4.56. The number of ketones is 1. The molecule has 3 nitrogen and oxygen atoms in total. The maximum atomic E-state index is 11.9. The quantitative estimate of drug-likeness (QED) is 0.661. The zero-order valence-corrected chi connectivity index (χ0v) is 11.6. The molecule has 0 radical (unpaired) electrons. The third-order valence-electron chi connectivity index (χ3n) is 2.92. The Labute approximate surface area is 118 Å². The van der Waals surface area contributed by atoms with Crippen molar-refractivity contribution in [1.82, 2.24) is 0 Å². The van der Waals surface area contributed by atoms with E-state index in [0.29, 0.717) is 5.56 Å². The summed E-state index contributed by atoms with van der Waals surface area (Å²) in [6.45, 7) is 1.99. The normalized spacial score (nSPS) is 10.5. The van der Waals surface area contributed by atoms with Crippen molar-refractivity contribution in [3.8, 4) is 5.75 Å². The molecule has 0 saturated heterocycles. The van der Waals surface area contributed by atoms with Gasteiger partial charge in [0.25, 0.3) is 0 Å². The Morgan fingerprint density at radius 1 is 1.10 bits per heavy atom. The molecule has 0 aromatic heterocycles. The van der Waals surface area contributed by atoms with Gasteiger partial charge in [0.15, 0.2) is 5.78 Å². The minimum Gasteiger partial charge on any atom is -0.495 e. The van der Waals surface area contributed by atoms with Gasteiger partial charge in [0.05, 0.1) is 12.8 Å². The number of hydrogen-bond acceptors (Lipinski definition) is 3. The molecule has 0 amide bonds. The van der Waals surface area contributed by atoms with Crippen molar-refractivity contribution in [2.75, 3.05) is 12.4 Å². The van der Waals surface area contributed by atoms with Crippen molar-refractivity contribution in [3.05, 3.63) is 71.9 Å². The first-order valence-corrected chi connectivity index (χ1v) is 6.38. The first-order chi connectivity index (χ1) is 9.70. The highest BCUT2D eigenvalue weighted by Gasteiger charge is 2.01. The Balaban J connectivity index is 2.03. The highest BCUT2D eigenvalue weighted by molar-refractivity contribution is 6.04. The third-order valence-corrected chi connectivity index (χ3v) is 2.92. The van der Waals surface area contributed by atoms with Crippen LogP contribution in [0.2, 0.25) is 0 Å². The minimum absolute atomic E-state index is 0.0348. The first-order valence-electron chi connectivity index (χ1n) is 6.38. The summed E-state index contributed by atoms with van der Waals surface area (Å²) >= 11 is 0. The largest absolute Gasteiger partial charge is 0.495 e. The molecule has 0 bridgehead atoms. The molecule has 0 aliphatic carbocycles. The molecular weight excluding hydrogens is 250 g/mol. The van der Waals surface area contributed by atoms with Crippen LogP contribution in [0, 0.1) is 6.92 Å². The molecule has 102 valence electrons. The number of rotatable bonds is 5. The highest BCUT2D eigenvalue weighted by Crippen LogP contribution is 2.22. The van der Waals surface area contributed by atoms with E-state index in [1.54, 1.807) is 13.3 Å². The van der Waals surface area contributed by atoms with Gasteiger partial charge in [-0.2, -0.15) is 0 Å². The number of hydrogen-bond donors (Lipinski definition) is 1. The molecule has 0 spiro atoms. The predicted molar refractivity (Wildman–Crippen MR) is 81.3 cm³/mol. The molecule has 0 fully saturated rings. The van der Waals surface area contributed by atoms with E-state index in [9.17, 15) is 4.79 Å². The number of benzene rings is 2. The predicted octanol–water partition coefficient (Wildman–Crippen LogP) is 3.81. The summed E-state index contributed by atoms with van der Waals surface area (Å²) in [5.41, 5.74) is 2.63. The van der Waals surface area contributed by atoms with Gasteiger partial charge in [-0.15, -0.1) is 0 Å². The van der Waals surface area contributed by atoms with E-state index in [1.807, 2.05) is 55.5 Å². The van der Waals surface area contributed by atoms with Crippen LogP contribution in [0.3, 0.4) is 0 Å². The van der Waals surface area contributed by atoms with Gasteiger partial charge in [0, 0.05) is 17.8 Å². The number of anilines is 1. The van der Waals surface area contributed by atoms with E-state index < -0.39 is 0 Å². The topological polar surface area (TPSA) is 38.3 Å². The summed E-state index contributed by atoms with van der Waals surface area (Å²) in [4.78, 5) is 11.9. The second kappa shape index (κ2) is 6.57. The standard InChI is InChI=1S/C17H17NO2/c1-13-7-9-14(10-8-13)16(19)11-12-18-15-5-3-4-6-17(15)20-2/h3-12,18H,1-2H3/b12-11-. The molecular formula is C17H17NO2. The lowest BCUT2D eigenvalue weighted by Gasteiger charge is -2.06. The smallest absolute Gasteiger partial charge is 0.187 e. The minimum atomic E-state index is -0.0348. The Hall–Kier alpha value is -2.55. The average molecular weight is 267 g/mol. The molecule has 0 aliphatic heterocycles. The number of methoxy groups -OCH3 is 1. The summed E-state index contributed by atoms with van der Waals surface area (Å²) in [7, 11) is 1.61. The van der Waals surface area contributed by atoms with Crippen molar-refractivity contribution in [2.45, 2.75) is 6.92 Å². The van der Waals surface area contributed by atoms with Crippen molar-refractivity contribution in [3.63, 3.8) is 0 Å². The van der Waals surface area contributed by atoms with Gasteiger partial charge in [-0.05, 0) is 19.1 Å². The average Bonchev–Trinajstić information content (AvgIpc) is 2.48. The molecule has 0 heterocycles. The van der Waals surface area contributed by atoms with Gasteiger partial charge in [-0.1, -0.05) is 42.0 Å². The van der Waals surface area contributed by atoms with E-state index in [4.69, 9.17) is 4.74 Å². The van der Waals surface area contributed by atoms with Gasteiger partial charge in [0.2, 0.25) is 0 Å². The van der Waals surface area contributed by atoms with Gasteiger partial charge in [-0.3, -0.25) is 4.79 Å². The van der Waals surface area contributed by atoms with Crippen molar-refractivity contribution >= 4 is 11.5 Å². The lowest BCUT2D eigenvalue weighted by molar-refractivity contribution is 0.104. The molecule has 0 saturated carbocycles. The number of para-hydroxylation sites is 2. The SMILES string of the molecule is COc1ccccc1N/C=C\C(=O)c1ccc(C)cc1. The molecule has 1 N–H and O–H groups in total. The second-order valence-corrected chi connectivity index (χ2v) is 4.41. The van der Waals surface area contributed by atoms with Crippen molar-refractivity contribution in [2.24, 2.45) is 0 Å². The zero-order chi connectivity index (χ0) is 14.4. The van der Waals surface area contributed by atoms with Crippen LogP contribution < -0.4 is 10.1 Å². The zero-order valence-electron chi connectivity index (χ0n) is 11.6. The van der Waals surface area contributed by atoms with Crippen molar-refractivity contribution < 1.29 is 9.53 Å². The molecule has 0 atom stereocenters. The van der Waals surface area contributed by atoms with Crippen LogP contribution in [0.5, 0.6) is 5.75 Å². The highest BCUT2D eigenvalue weighted by atomic mass is 16.5. The number of carbonyl (C=O) groups excluding carboxylic acids is 1. The van der Waals surface area contributed by atoms with Crippen LogP contribution in [-0.4, -0.2) is 12.9 Å². The maximum Gasteiger partial charge on any atom is 0.187 e. The van der Waals surface area contributed by atoms with E-state index >= 15 is 0 Å². The molecule has 3 heteroatoms. The molecule has 2 rings (SSSR count). The monoisotopic (exact) mass is 267 g/mol. The number of aryl methyl sites for hydroxylation is 1. The fourth-order valence-corrected chi connectivity index (χ4v) is 1.79. The number of nitrogens with one attached hydrogen (secondary N) is 1. The van der Waals surface area contributed by atoms with E-state index in [1.165, 1.54) is 6.08 Å². The summed E-state index contributed by atoms with van der Waals surface area (Å²) in [5, 5.41) is 3.05. The summed E-state index contributed by atoms with van der Waals surface area (Å²) in [6, 6.07) is 15.0. The third kappa shape index (κ3) is 3.48. The fourth-order valence-electron chi connectivity index (χ4n) is 1.79. The Morgan fingerprint density at radius 2 is 1.80 bits per heavy atom. The van der Waals surface area contributed by atoms with Crippen LogP contribution in [0.25, 0.3) is 0 Å². The molecule has 2 aromatic rings. The van der Waals surface area contributed by atoms with Crippen LogP contribution in [0.4, 0.5) is 5.69 Å². The van der Waals surface area contributed by atoms with Crippen LogP contribution in [0.1, 0.15) is 15.9 Å². The van der Waals surface area contributed by atoms with Gasteiger partial charge in [-0.25, -0.2) is 0 Å². The Morgan fingerprint density at radius 3 is 2.50 bits per heavy atom. The number of allylic oxidation sites excluding steroid dienone is 1. The first kappa shape index (κ1) is 13.9. The van der Waals surface area contributed by atoms with Gasteiger partial charge in [0.1, 0.15) is 5.75 Å². The van der Waals surface area contributed by atoms with Crippen LogP contribution in [0.15, 0.2) is 60.8 Å². The van der Waals surface area contributed by atoms with Crippen molar-refractivity contribution in [1.29, 1.82) is 0 Å². The maximum absolute atomic E-state index is 11.9. The molecule has 0 aliphatic rings. The van der Waals surface area contributed by atoms with Crippen LogP contribution in [-0.2, 0) is 0 Å². The van der Waals surface area contributed by atoms with Crippen LogP contribution >= 0.6 is 0 Å². The molecule has 2 aromatic carbocycles. The van der Waals surface area contributed by atoms with Gasteiger partial charge >= 0.3 is 0 Å². The summed E-state index contributed by atoms with van der Waals surface area (Å²) in [5.74, 6) is 0.701. The van der Waals surface area contributed by atoms with E-state index in [-0.39, 0.29) is 5.78 Å².